The monoisotopic (exact) mass is 439 g/mol. The van der Waals surface area contributed by atoms with Crippen LogP contribution in [0.1, 0.15) is 31.9 Å². The Balaban J connectivity index is 0. The SMILES string of the molecule is CC(=O)/C=C(/C)[O-].CCO.[Fe+3].[O-]/C(=N\N=C\c1ccccc1[O-])c1ccccc1. The quantitative estimate of drug-likeness (QED) is 0.188. The van der Waals surface area contributed by atoms with Crippen LogP contribution in [0.5, 0.6) is 5.75 Å². The fraction of sp³-hybridized carbons (Fsp3) is 0.190. The number of ketones is 1. The molecule has 0 bridgehead atoms. The number of nitrogens with zero attached hydrogens (tertiary/aromatic N) is 2. The van der Waals surface area contributed by atoms with Gasteiger partial charge in [0.1, 0.15) is 0 Å². The number of hydrogen-bond donors (Lipinski definition) is 1. The fourth-order valence-corrected chi connectivity index (χ4v) is 1.66. The van der Waals surface area contributed by atoms with Crippen molar-refractivity contribution in [1.29, 1.82) is 0 Å². The van der Waals surface area contributed by atoms with Crippen LogP contribution < -0.4 is 15.3 Å². The molecule has 0 aliphatic rings. The first-order valence-corrected chi connectivity index (χ1v) is 8.38. The molecule has 0 heterocycles. The molecule has 0 atom stereocenters. The van der Waals surface area contributed by atoms with Crippen LogP contribution in [0.3, 0.4) is 0 Å². The smallest absolute Gasteiger partial charge is 0.876 e. The molecule has 0 aliphatic heterocycles. The third kappa shape index (κ3) is 14.8. The summed E-state index contributed by atoms with van der Waals surface area (Å²) in [4.78, 5) is 9.98. The van der Waals surface area contributed by atoms with Crippen LogP contribution in [-0.2, 0) is 21.9 Å². The molecule has 1 N–H and O–H groups in total. The number of carbonyl (C=O) groups excluding carboxylic acids is 1. The van der Waals surface area contributed by atoms with Crippen molar-refractivity contribution in [2.24, 2.45) is 10.2 Å². The van der Waals surface area contributed by atoms with E-state index in [0.29, 0.717) is 11.1 Å². The van der Waals surface area contributed by atoms with Gasteiger partial charge in [-0.15, -0.1) is 5.76 Å². The van der Waals surface area contributed by atoms with E-state index in [0.717, 1.165) is 6.08 Å². The molecule has 7 nitrogen and oxygen atoms in total. The molecule has 155 valence electrons. The Labute approximate surface area is 181 Å². The third-order valence-corrected chi connectivity index (χ3v) is 2.69. The Morgan fingerprint density at radius 1 is 1.03 bits per heavy atom. The van der Waals surface area contributed by atoms with Crippen LogP contribution in [0.2, 0.25) is 0 Å². The minimum atomic E-state index is -0.435. The van der Waals surface area contributed by atoms with E-state index in [1.54, 1.807) is 49.4 Å². The number of carbonyl (C=O) groups is 1. The first-order valence-electron chi connectivity index (χ1n) is 8.38. The molecule has 0 aliphatic carbocycles. The number of aliphatic hydroxyl groups excluding tert-OH is 1. The first-order chi connectivity index (χ1) is 13.3. The van der Waals surface area contributed by atoms with Crippen molar-refractivity contribution >= 4 is 17.9 Å². The van der Waals surface area contributed by atoms with Gasteiger partial charge in [-0.2, -0.15) is 10.2 Å². The van der Waals surface area contributed by atoms with E-state index < -0.39 is 5.90 Å². The molecule has 0 fully saturated rings. The van der Waals surface area contributed by atoms with Crippen LogP contribution in [0.25, 0.3) is 0 Å². The van der Waals surface area contributed by atoms with Gasteiger partial charge in [-0.3, -0.25) is 4.79 Å². The molecule has 0 unspecified atom stereocenters. The van der Waals surface area contributed by atoms with Gasteiger partial charge < -0.3 is 20.4 Å². The summed E-state index contributed by atoms with van der Waals surface area (Å²) in [6, 6.07) is 15.0. The molecule has 8 heteroatoms. The normalized spacial score (nSPS) is 10.8. The van der Waals surface area contributed by atoms with Crippen molar-refractivity contribution in [1.82, 2.24) is 0 Å². The van der Waals surface area contributed by atoms with E-state index in [1.807, 2.05) is 6.07 Å². The molecule has 0 aromatic heterocycles. The first kappa shape index (κ1) is 28.3. The minimum absolute atomic E-state index is 0. The summed E-state index contributed by atoms with van der Waals surface area (Å²) in [6.45, 7) is 4.63. The predicted molar refractivity (Wildman–Crippen MR) is 104 cm³/mol. The van der Waals surface area contributed by atoms with Crippen molar-refractivity contribution in [2.45, 2.75) is 20.8 Å². The van der Waals surface area contributed by atoms with Crippen molar-refractivity contribution in [3.05, 3.63) is 77.6 Å². The summed E-state index contributed by atoms with van der Waals surface area (Å²) in [5.41, 5.74) is 0.868. The number of allylic oxidation sites excluding steroid dienone is 2. The van der Waals surface area contributed by atoms with Crippen LogP contribution in [0.4, 0.5) is 0 Å². The Morgan fingerprint density at radius 2 is 1.55 bits per heavy atom. The summed E-state index contributed by atoms with van der Waals surface area (Å²) < 4.78 is 0. The Morgan fingerprint density at radius 3 is 2.00 bits per heavy atom. The van der Waals surface area contributed by atoms with E-state index in [2.05, 4.69) is 10.2 Å². The molecule has 29 heavy (non-hydrogen) atoms. The van der Waals surface area contributed by atoms with Gasteiger partial charge in [-0.1, -0.05) is 67.3 Å². The maximum atomic E-state index is 11.6. The molecular formula is C21H23FeN2O5. The molecule has 2 aromatic rings. The molecule has 0 saturated carbocycles. The third-order valence-electron chi connectivity index (χ3n) is 2.69. The minimum Gasteiger partial charge on any atom is -0.876 e. The van der Waals surface area contributed by atoms with E-state index in [-0.39, 0.29) is 41.0 Å². The summed E-state index contributed by atoms with van der Waals surface area (Å²) in [5, 5.41) is 47.6. The second kappa shape index (κ2) is 17.2. The zero-order chi connectivity index (χ0) is 21.4. The molecule has 2 rings (SSSR count). The topological polar surface area (TPSA) is 131 Å². The average molecular weight is 439 g/mol. The number of aliphatic hydroxyl groups is 1. The van der Waals surface area contributed by atoms with Gasteiger partial charge in [0.05, 0.1) is 6.21 Å². The van der Waals surface area contributed by atoms with Crippen LogP contribution in [0, 0.1) is 0 Å². The fourth-order valence-electron chi connectivity index (χ4n) is 1.66. The molecule has 2 aromatic carbocycles. The number of benzene rings is 2. The zero-order valence-corrected chi connectivity index (χ0v) is 17.5. The second-order valence-corrected chi connectivity index (χ2v) is 5.24. The van der Waals surface area contributed by atoms with Crippen molar-refractivity contribution in [2.75, 3.05) is 6.61 Å². The molecular weight excluding hydrogens is 416 g/mol. The van der Waals surface area contributed by atoms with E-state index in [4.69, 9.17) is 5.11 Å². The van der Waals surface area contributed by atoms with E-state index in [1.165, 1.54) is 26.1 Å². The summed E-state index contributed by atoms with van der Waals surface area (Å²) in [6.07, 6.45) is 2.34. The average Bonchev–Trinajstić information content (AvgIpc) is 2.64. The number of para-hydroxylation sites is 1. The largest absolute Gasteiger partial charge is 3.00 e. The molecule has 0 spiro atoms. The summed E-state index contributed by atoms with van der Waals surface area (Å²) >= 11 is 0. The summed E-state index contributed by atoms with van der Waals surface area (Å²) in [5.74, 6) is -0.959. The summed E-state index contributed by atoms with van der Waals surface area (Å²) in [7, 11) is 0. The van der Waals surface area contributed by atoms with Gasteiger partial charge in [-0.05, 0) is 31.1 Å². The van der Waals surface area contributed by atoms with Gasteiger partial charge >= 0.3 is 17.1 Å². The Hall–Kier alpha value is -2.93. The van der Waals surface area contributed by atoms with Gasteiger partial charge in [0, 0.05) is 12.5 Å². The molecule has 0 saturated heterocycles. The standard InChI is InChI=1S/C14H12N2O2.C5H8O2.C2H6O.Fe/c17-13-9-5-4-8-12(13)10-15-16-14(18)11-6-2-1-3-7-11;1-4(6)3-5(2)7;1-2-3;/h1-10,17H,(H,16,18);3,6H,1-2H3;3H,2H2,1H3;/q;;;+3/p-3/b15-10+;4-3-;;. The van der Waals surface area contributed by atoms with Crippen LogP contribution in [0.15, 0.2) is 76.6 Å². The van der Waals surface area contributed by atoms with Gasteiger partial charge in [0.25, 0.3) is 0 Å². The van der Waals surface area contributed by atoms with Crippen molar-refractivity contribution in [3.63, 3.8) is 0 Å². The number of rotatable bonds is 4. The second-order valence-electron chi connectivity index (χ2n) is 5.24. The Kier molecular flexibility index (Phi) is 16.8. The van der Waals surface area contributed by atoms with Gasteiger partial charge in [0.15, 0.2) is 5.78 Å². The zero-order valence-electron chi connectivity index (χ0n) is 16.4. The van der Waals surface area contributed by atoms with E-state index in [9.17, 15) is 20.1 Å². The van der Waals surface area contributed by atoms with Gasteiger partial charge in [0.2, 0.25) is 0 Å². The molecule has 0 amide bonds. The number of hydrogen-bond acceptors (Lipinski definition) is 7. The molecule has 1 radical (unpaired) electrons. The van der Waals surface area contributed by atoms with Crippen molar-refractivity contribution < 1.29 is 42.3 Å². The predicted octanol–water partition coefficient (Wildman–Crippen LogP) is 0.737. The van der Waals surface area contributed by atoms with Crippen LogP contribution >= 0.6 is 0 Å². The Bertz CT molecular complexity index is 802. The van der Waals surface area contributed by atoms with E-state index >= 15 is 0 Å². The van der Waals surface area contributed by atoms with Gasteiger partial charge in [-0.25, -0.2) is 0 Å². The van der Waals surface area contributed by atoms with Crippen molar-refractivity contribution in [3.8, 4) is 5.75 Å². The maximum absolute atomic E-state index is 11.6. The maximum Gasteiger partial charge on any atom is 3.00 e. The van der Waals surface area contributed by atoms with Crippen LogP contribution in [-0.4, -0.2) is 29.6 Å².